The van der Waals surface area contributed by atoms with Gasteiger partial charge in [0.2, 0.25) is 5.91 Å². The van der Waals surface area contributed by atoms with E-state index in [0.29, 0.717) is 13.0 Å². The number of hydrogen-bond acceptors (Lipinski definition) is 3. The quantitative estimate of drug-likeness (QED) is 0.823. The summed E-state index contributed by atoms with van der Waals surface area (Å²) in [4.78, 5) is 11.1. The highest BCUT2D eigenvalue weighted by atomic mass is 16.5. The van der Waals surface area contributed by atoms with Crippen molar-refractivity contribution in [3.05, 3.63) is 24.3 Å². The predicted molar refractivity (Wildman–Crippen MR) is 66.4 cm³/mol. The van der Waals surface area contributed by atoms with Crippen molar-refractivity contribution in [3.63, 3.8) is 0 Å². The molecule has 0 saturated carbocycles. The Bertz CT molecular complexity index is 348. The minimum absolute atomic E-state index is 0.00421. The number of hydrogen-bond donors (Lipinski definition) is 1. The van der Waals surface area contributed by atoms with Crippen LogP contribution in [0, 0.1) is 0 Å². The summed E-state index contributed by atoms with van der Waals surface area (Å²) in [5, 5.41) is 2.83. The molecule has 0 aliphatic rings. The maximum Gasteiger partial charge on any atom is 0.220 e. The van der Waals surface area contributed by atoms with E-state index >= 15 is 0 Å². The fraction of sp³-hybridized carbons (Fsp3) is 0.462. The second-order valence-corrected chi connectivity index (χ2v) is 3.81. The summed E-state index contributed by atoms with van der Waals surface area (Å²) in [5.74, 6) is 1.60. The van der Waals surface area contributed by atoms with Gasteiger partial charge in [-0.15, -0.1) is 0 Å². The first-order chi connectivity index (χ1) is 8.15. The smallest absolute Gasteiger partial charge is 0.220 e. The van der Waals surface area contributed by atoms with Crippen molar-refractivity contribution in [3.8, 4) is 11.5 Å². The first kappa shape index (κ1) is 13.4. The molecule has 0 spiro atoms. The van der Waals surface area contributed by atoms with E-state index in [4.69, 9.17) is 9.47 Å². The Morgan fingerprint density at radius 2 is 1.88 bits per heavy atom. The van der Waals surface area contributed by atoms with Crippen molar-refractivity contribution in [2.45, 2.75) is 26.3 Å². The van der Waals surface area contributed by atoms with Crippen LogP contribution in [0.1, 0.15) is 20.3 Å². The number of amides is 1. The Balaban J connectivity index is 2.36. The Kier molecular flexibility index (Phi) is 5.33. The number of rotatable bonds is 6. The number of methoxy groups -OCH3 is 1. The van der Waals surface area contributed by atoms with Crippen molar-refractivity contribution < 1.29 is 14.3 Å². The van der Waals surface area contributed by atoms with Gasteiger partial charge in [0, 0.05) is 6.42 Å². The third-order valence-electron chi connectivity index (χ3n) is 2.29. The largest absolute Gasteiger partial charge is 0.497 e. The van der Waals surface area contributed by atoms with Crippen LogP contribution in [0.2, 0.25) is 0 Å². The van der Waals surface area contributed by atoms with Gasteiger partial charge in [0.05, 0.1) is 13.2 Å². The van der Waals surface area contributed by atoms with E-state index in [2.05, 4.69) is 5.32 Å². The Hall–Kier alpha value is -1.71. The fourth-order valence-corrected chi connectivity index (χ4v) is 1.31. The van der Waals surface area contributed by atoms with E-state index in [1.807, 2.05) is 38.1 Å². The summed E-state index contributed by atoms with van der Waals surface area (Å²) in [6.07, 6.45) is 0.493. The Morgan fingerprint density at radius 1 is 1.29 bits per heavy atom. The molecule has 0 aromatic heterocycles. The standard InChI is InChI=1S/C13H19NO3/c1-4-13(15)14-10(2)9-17-12-7-5-11(16-3)6-8-12/h5-8,10H,4,9H2,1-3H3,(H,14,15)/t10-/m0/s1. The van der Waals surface area contributed by atoms with Gasteiger partial charge in [-0.3, -0.25) is 4.79 Å². The monoisotopic (exact) mass is 237 g/mol. The van der Waals surface area contributed by atoms with Gasteiger partial charge in [-0.2, -0.15) is 0 Å². The van der Waals surface area contributed by atoms with E-state index in [-0.39, 0.29) is 11.9 Å². The zero-order chi connectivity index (χ0) is 12.7. The molecule has 0 aliphatic heterocycles. The van der Waals surface area contributed by atoms with Crippen molar-refractivity contribution in [2.75, 3.05) is 13.7 Å². The molecule has 1 rings (SSSR count). The number of nitrogens with one attached hydrogen (secondary N) is 1. The van der Waals surface area contributed by atoms with Crippen LogP contribution in [0.5, 0.6) is 11.5 Å². The lowest BCUT2D eigenvalue weighted by Gasteiger charge is -2.14. The van der Waals surface area contributed by atoms with E-state index in [0.717, 1.165) is 11.5 Å². The van der Waals surface area contributed by atoms with Gasteiger partial charge in [-0.05, 0) is 31.2 Å². The van der Waals surface area contributed by atoms with Gasteiger partial charge < -0.3 is 14.8 Å². The number of carbonyl (C=O) groups is 1. The predicted octanol–water partition coefficient (Wildman–Crippen LogP) is 1.99. The van der Waals surface area contributed by atoms with Crippen LogP contribution >= 0.6 is 0 Å². The lowest BCUT2D eigenvalue weighted by Crippen LogP contribution is -2.36. The summed E-state index contributed by atoms with van der Waals surface area (Å²) in [5.41, 5.74) is 0. The summed E-state index contributed by atoms with van der Waals surface area (Å²) >= 11 is 0. The molecule has 1 N–H and O–H groups in total. The van der Waals surface area contributed by atoms with Crippen LogP contribution in [0.3, 0.4) is 0 Å². The SMILES string of the molecule is CCC(=O)N[C@@H](C)COc1ccc(OC)cc1. The first-order valence-electron chi connectivity index (χ1n) is 5.72. The fourth-order valence-electron chi connectivity index (χ4n) is 1.31. The average Bonchev–Trinajstić information content (AvgIpc) is 2.36. The maximum atomic E-state index is 11.1. The van der Waals surface area contributed by atoms with Gasteiger partial charge in [-0.1, -0.05) is 6.92 Å². The Labute approximate surface area is 102 Å². The molecule has 94 valence electrons. The molecule has 0 fully saturated rings. The second-order valence-electron chi connectivity index (χ2n) is 3.81. The van der Waals surface area contributed by atoms with Crippen molar-refractivity contribution in [1.82, 2.24) is 5.32 Å². The minimum atomic E-state index is 0.00421. The molecule has 4 nitrogen and oxygen atoms in total. The average molecular weight is 237 g/mol. The van der Waals surface area contributed by atoms with Crippen LogP contribution in [-0.4, -0.2) is 25.7 Å². The summed E-state index contributed by atoms with van der Waals surface area (Å²) < 4.78 is 10.6. The first-order valence-corrected chi connectivity index (χ1v) is 5.72. The molecular weight excluding hydrogens is 218 g/mol. The van der Waals surface area contributed by atoms with Crippen molar-refractivity contribution in [1.29, 1.82) is 0 Å². The number of benzene rings is 1. The van der Waals surface area contributed by atoms with E-state index < -0.39 is 0 Å². The zero-order valence-electron chi connectivity index (χ0n) is 10.5. The molecule has 17 heavy (non-hydrogen) atoms. The normalized spacial score (nSPS) is 11.7. The van der Waals surface area contributed by atoms with Gasteiger partial charge >= 0.3 is 0 Å². The molecule has 1 aromatic rings. The van der Waals surface area contributed by atoms with Gasteiger partial charge in [0.25, 0.3) is 0 Å². The van der Waals surface area contributed by atoms with E-state index in [9.17, 15) is 4.79 Å². The number of ether oxygens (including phenoxy) is 2. The second kappa shape index (κ2) is 6.78. The van der Waals surface area contributed by atoms with Gasteiger partial charge in [0.15, 0.2) is 0 Å². The Morgan fingerprint density at radius 3 is 2.41 bits per heavy atom. The minimum Gasteiger partial charge on any atom is -0.497 e. The molecule has 1 amide bonds. The molecule has 0 bridgehead atoms. The highest BCUT2D eigenvalue weighted by Crippen LogP contribution is 2.16. The molecule has 0 saturated heterocycles. The third kappa shape index (κ3) is 4.76. The molecule has 4 heteroatoms. The van der Waals surface area contributed by atoms with Crippen LogP contribution in [0.25, 0.3) is 0 Å². The highest BCUT2D eigenvalue weighted by molar-refractivity contribution is 5.75. The third-order valence-corrected chi connectivity index (χ3v) is 2.29. The van der Waals surface area contributed by atoms with Gasteiger partial charge in [-0.25, -0.2) is 0 Å². The number of carbonyl (C=O) groups excluding carboxylic acids is 1. The molecule has 1 atom stereocenters. The van der Waals surface area contributed by atoms with E-state index in [1.165, 1.54) is 0 Å². The molecule has 0 aliphatic carbocycles. The van der Waals surface area contributed by atoms with Crippen molar-refractivity contribution >= 4 is 5.91 Å². The zero-order valence-corrected chi connectivity index (χ0v) is 10.5. The van der Waals surface area contributed by atoms with Crippen molar-refractivity contribution in [2.24, 2.45) is 0 Å². The summed E-state index contributed by atoms with van der Waals surface area (Å²) in [6, 6.07) is 7.36. The van der Waals surface area contributed by atoms with E-state index in [1.54, 1.807) is 7.11 Å². The maximum absolute atomic E-state index is 11.1. The van der Waals surface area contributed by atoms with Gasteiger partial charge in [0.1, 0.15) is 18.1 Å². The topological polar surface area (TPSA) is 47.6 Å². The van der Waals surface area contributed by atoms with Crippen LogP contribution in [0.15, 0.2) is 24.3 Å². The summed E-state index contributed by atoms with van der Waals surface area (Å²) in [7, 11) is 1.62. The summed E-state index contributed by atoms with van der Waals surface area (Å²) in [6.45, 7) is 4.20. The molecule has 1 aromatic carbocycles. The molecule has 0 heterocycles. The van der Waals surface area contributed by atoms with Crippen LogP contribution in [-0.2, 0) is 4.79 Å². The molecule has 0 radical (unpaired) electrons. The lowest BCUT2D eigenvalue weighted by atomic mass is 10.3. The molecule has 0 unspecified atom stereocenters. The van der Waals surface area contributed by atoms with Crippen LogP contribution in [0.4, 0.5) is 0 Å². The highest BCUT2D eigenvalue weighted by Gasteiger charge is 2.06. The van der Waals surface area contributed by atoms with Crippen LogP contribution < -0.4 is 14.8 Å². The molecular formula is C13H19NO3. The lowest BCUT2D eigenvalue weighted by molar-refractivity contribution is -0.121.